The first kappa shape index (κ1) is 14.3. The van der Waals surface area contributed by atoms with E-state index in [-0.39, 0.29) is 5.91 Å². The lowest BCUT2D eigenvalue weighted by Crippen LogP contribution is -2.50. The number of carbonyl (C=O) groups is 1. The van der Waals surface area contributed by atoms with E-state index in [9.17, 15) is 10.1 Å². The Balaban J connectivity index is 1.86. The van der Waals surface area contributed by atoms with Crippen LogP contribution in [0.2, 0.25) is 0 Å². The van der Waals surface area contributed by atoms with Gasteiger partial charge in [0.15, 0.2) is 0 Å². The predicted octanol–water partition coefficient (Wildman–Crippen LogP) is 1.92. The van der Waals surface area contributed by atoms with Crippen molar-refractivity contribution in [1.82, 2.24) is 10.2 Å². The SMILES string of the molecule is CC(C)CN(CC(=O)N[C@@](C)(C#N)C1CC1)C1CC1. The van der Waals surface area contributed by atoms with Gasteiger partial charge in [-0.25, -0.2) is 0 Å². The van der Waals surface area contributed by atoms with E-state index in [0.29, 0.717) is 24.4 Å². The standard InChI is InChI=1S/C15H25N3O/c1-11(2)8-18(13-6-7-13)9-14(19)17-15(3,10-16)12-4-5-12/h11-13H,4-9H2,1-3H3,(H,17,19)/t15-/m0/s1. The molecule has 1 N–H and O–H groups in total. The molecule has 0 aromatic heterocycles. The van der Waals surface area contributed by atoms with Crippen LogP contribution in [0.4, 0.5) is 0 Å². The summed E-state index contributed by atoms with van der Waals surface area (Å²) in [6.45, 7) is 7.61. The van der Waals surface area contributed by atoms with Gasteiger partial charge in [-0.3, -0.25) is 9.69 Å². The molecule has 0 heterocycles. The molecule has 106 valence electrons. The highest BCUT2D eigenvalue weighted by molar-refractivity contribution is 5.79. The van der Waals surface area contributed by atoms with Crippen molar-refractivity contribution in [3.63, 3.8) is 0 Å². The van der Waals surface area contributed by atoms with E-state index in [1.165, 1.54) is 12.8 Å². The number of nitrogens with one attached hydrogen (secondary N) is 1. The Morgan fingerprint density at radius 2 is 2.05 bits per heavy atom. The molecule has 0 spiro atoms. The van der Waals surface area contributed by atoms with E-state index in [1.54, 1.807) is 0 Å². The number of amides is 1. The van der Waals surface area contributed by atoms with Crippen LogP contribution in [0.1, 0.15) is 46.5 Å². The third-order valence-corrected chi connectivity index (χ3v) is 4.03. The summed E-state index contributed by atoms with van der Waals surface area (Å²) in [5, 5.41) is 12.2. The maximum absolute atomic E-state index is 12.2. The molecule has 2 fully saturated rings. The monoisotopic (exact) mass is 263 g/mol. The molecule has 4 heteroatoms. The van der Waals surface area contributed by atoms with Gasteiger partial charge in [-0.2, -0.15) is 5.26 Å². The molecule has 1 amide bonds. The van der Waals surface area contributed by atoms with E-state index in [2.05, 4.69) is 30.1 Å². The highest BCUT2D eigenvalue weighted by Gasteiger charge is 2.43. The number of hydrogen-bond donors (Lipinski definition) is 1. The molecule has 0 bridgehead atoms. The van der Waals surface area contributed by atoms with E-state index < -0.39 is 5.54 Å². The summed E-state index contributed by atoms with van der Waals surface area (Å²) in [5.41, 5.74) is -0.663. The van der Waals surface area contributed by atoms with Gasteiger partial charge in [0, 0.05) is 12.6 Å². The van der Waals surface area contributed by atoms with Crippen LogP contribution >= 0.6 is 0 Å². The van der Waals surface area contributed by atoms with Gasteiger partial charge in [-0.1, -0.05) is 13.8 Å². The van der Waals surface area contributed by atoms with Crippen molar-refractivity contribution in [3.05, 3.63) is 0 Å². The fourth-order valence-corrected chi connectivity index (χ4v) is 2.65. The third kappa shape index (κ3) is 3.94. The summed E-state index contributed by atoms with van der Waals surface area (Å²) >= 11 is 0. The first-order valence-electron chi connectivity index (χ1n) is 7.41. The molecule has 0 aromatic carbocycles. The molecule has 0 unspecified atom stereocenters. The van der Waals surface area contributed by atoms with E-state index in [4.69, 9.17) is 0 Å². The molecular weight excluding hydrogens is 238 g/mol. The van der Waals surface area contributed by atoms with Crippen molar-refractivity contribution in [2.45, 2.75) is 58.0 Å². The fourth-order valence-electron chi connectivity index (χ4n) is 2.65. The fraction of sp³-hybridized carbons (Fsp3) is 0.867. The molecule has 2 aliphatic carbocycles. The first-order valence-corrected chi connectivity index (χ1v) is 7.41. The van der Waals surface area contributed by atoms with Crippen molar-refractivity contribution < 1.29 is 4.79 Å². The molecule has 2 saturated carbocycles. The minimum atomic E-state index is -0.663. The van der Waals surface area contributed by atoms with Gasteiger partial charge in [-0.05, 0) is 44.4 Å². The molecule has 4 nitrogen and oxygen atoms in total. The summed E-state index contributed by atoms with van der Waals surface area (Å²) in [6, 6.07) is 2.87. The number of rotatable bonds is 7. The number of nitrogens with zero attached hydrogens (tertiary/aromatic N) is 2. The largest absolute Gasteiger partial charge is 0.337 e. The Morgan fingerprint density at radius 1 is 1.42 bits per heavy atom. The van der Waals surface area contributed by atoms with Gasteiger partial charge in [0.25, 0.3) is 0 Å². The normalized spacial score (nSPS) is 22.1. The summed E-state index contributed by atoms with van der Waals surface area (Å²) in [6.07, 6.45) is 4.53. The average Bonchev–Trinajstić information content (AvgIpc) is 3.18. The Morgan fingerprint density at radius 3 is 2.47 bits per heavy atom. The lowest BCUT2D eigenvalue weighted by atomic mass is 9.98. The average molecular weight is 263 g/mol. The zero-order chi connectivity index (χ0) is 14.0. The first-order chi connectivity index (χ1) is 8.94. The van der Waals surface area contributed by atoms with Gasteiger partial charge in [-0.15, -0.1) is 0 Å². The van der Waals surface area contributed by atoms with Crippen LogP contribution in [0, 0.1) is 23.2 Å². The Bertz CT molecular complexity index is 379. The van der Waals surface area contributed by atoms with E-state index in [1.807, 2.05) is 6.92 Å². The number of carbonyl (C=O) groups excluding carboxylic acids is 1. The minimum Gasteiger partial charge on any atom is -0.337 e. The molecule has 2 rings (SSSR count). The lowest BCUT2D eigenvalue weighted by Gasteiger charge is -2.27. The van der Waals surface area contributed by atoms with Crippen molar-refractivity contribution in [2.75, 3.05) is 13.1 Å². The summed E-state index contributed by atoms with van der Waals surface area (Å²) in [7, 11) is 0. The molecule has 0 aromatic rings. The smallest absolute Gasteiger partial charge is 0.235 e. The van der Waals surface area contributed by atoms with Crippen LogP contribution in [0.5, 0.6) is 0 Å². The molecule has 19 heavy (non-hydrogen) atoms. The highest BCUT2D eigenvalue weighted by atomic mass is 16.2. The van der Waals surface area contributed by atoms with Crippen molar-refractivity contribution in [3.8, 4) is 6.07 Å². The second kappa shape index (κ2) is 5.50. The maximum atomic E-state index is 12.2. The van der Waals surface area contributed by atoms with E-state index >= 15 is 0 Å². The van der Waals surface area contributed by atoms with Gasteiger partial charge >= 0.3 is 0 Å². The maximum Gasteiger partial charge on any atom is 0.235 e. The molecule has 2 aliphatic rings. The quantitative estimate of drug-likeness (QED) is 0.763. The zero-order valence-electron chi connectivity index (χ0n) is 12.3. The molecule has 0 radical (unpaired) electrons. The van der Waals surface area contributed by atoms with Crippen molar-refractivity contribution in [2.24, 2.45) is 11.8 Å². The van der Waals surface area contributed by atoms with E-state index in [0.717, 1.165) is 19.4 Å². The molecule has 0 aliphatic heterocycles. The van der Waals surface area contributed by atoms with Crippen molar-refractivity contribution >= 4 is 5.91 Å². The molecule has 1 atom stereocenters. The van der Waals surface area contributed by atoms with Crippen LogP contribution in [0.3, 0.4) is 0 Å². The summed E-state index contributed by atoms with van der Waals surface area (Å²) in [5.74, 6) is 0.920. The zero-order valence-corrected chi connectivity index (χ0v) is 12.3. The second-order valence-electron chi connectivity index (χ2n) is 6.69. The topological polar surface area (TPSA) is 56.1 Å². The lowest BCUT2D eigenvalue weighted by molar-refractivity contribution is -0.123. The summed E-state index contributed by atoms with van der Waals surface area (Å²) < 4.78 is 0. The number of nitriles is 1. The van der Waals surface area contributed by atoms with Gasteiger partial charge in [0.2, 0.25) is 5.91 Å². The third-order valence-electron chi connectivity index (χ3n) is 4.03. The Kier molecular flexibility index (Phi) is 4.15. The predicted molar refractivity (Wildman–Crippen MR) is 74.3 cm³/mol. The second-order valence-corrected chi connectivity index (χ2v) is 6.69. The van der Waals surface area contributed by atoms with Crippen LogP contribution < -0.4 is 5.32 Å². The van der Waals surface area contributed by atoms with Gasteiger partial charge in [0.05, 0.1) is 12.6 Å². The minimum absolute atomic E-state index is 0.00324. The van der Waals surface area contributed by atoms with Crippen LogP contribution in [0.25, 0.3) is 0 Å². The van der Waals surface area contributed by atoms with Crippen LogP contribution in [0.15, 0.2) is 0 Å². The van der Waals surface area contributed by atoms with Gasteiger partial charge < -0.3 is 5.32 Å². The summed E-state index contributed by atoms with van der Waals surface area (Å²) in [4.78, 5) is 14.4. The molecule has 0 saturated heterocycles. The highest BCUT2D eigenvalue weighted by Crippen LogP contribution is 2.39. The van der Waals surface area contributed by atoms with Crippen molar-refractivity contribution in [1.29, 1.82) is 5.26 Å². The molecular formula is C15H25N3O. The Labute approximate surface area is 116 Å². The van der Waals surface area contributed by atoms with Crippen LogP contribution in [-0.2, 0) is 4.79 Å². The van der Waals surface area contributed by atoms with Gasteiger partial charge in [0.1, 0.15) is 5.54 Å². The van der Waals surface area contributed by atoms with Crippen LogP contribution in [-0.4, -0.2) is 35.5 Å². The Hall–Kier alpha value is -1.08. The number of hydrogen-bond acceptors (Lipinski definition) is 3.